The molecule has 0 fully saturated rings. The van der Waals surface area contributed by atoms with Crippen LogP contribution in [-0.2, 0) is 20.0 Å². The Kier molecular flexibility index (Phi) is 3.32. The molecule has 0 radical (unpaired) electrons. The molecular weight excluding hydrogens is 252 g/mol. The molecule has 4 nitrogen and oxygen atoms in total. The Morgan fingerprint density at radius 2 is 2.15 bits per heavy atom. The van der Waals surface area contributed by atoms with Gasteiger partial charge in [0.25, 0.3) is 5.56 Å². The lowest BCUT2D eigenvalue weighted by atomic mass is 9.95. The van der Waals surface area contributed by atoms with Crippen molar-refractivity contribution in [3.8, 4) is 16.9 Å². The van der Waals surface area contributed by atoms with E-state index < -0.39 is 0 Å². The Balaban J connectivity index is 2.23. The molecule has 1 aliphatic heterocycles. The fourth-order valence-corrected chi connectivity index (χ4v) is 2.78. The van der Waals surface area contributed by atoms with E-state index in [1.807, 2.05) is 31.3 Å². The summed E-state index contributed by atoms with van der Waals surface area (Å²) in [6.07, 6.45) is 0.888. The fourth-order valence-electron chi connectivity index (χ4n) is 2.78. The number of aromatic nitrogens is 1. The largest absolute Gasteiger partial charge is 0.497 e. The lowest BCUT2D eigenvalue weighted by Crippen LogP contribution is -2.31. The van der Waals surface area contributed by atoms with E-state index in [0.717, 1.165) is 42.1 Å². The van der Waals surface area contributed by atoms with Crippen LogP contribution in [0.5, 0.6) is 5.75 Å². The zero-order chi connectivity index (χ0) is 14.1. The molecule has 3 rings (SSSR count). The predicted octanol–water partition coefficient (Wildman–Crippen LogP) is 1.71. The van der Waals surface area contributed by atoms with E-state index in [9.17, 15) is 4.79 Å². The second-order valence-electron chi connectivity index (χ2n) is 5.04. The van der Waals surface area contributed by atoms with Crippen LogP contribution in [-0.4, -0.2) is 18.2 Å². The number of ether oxygens (including phenoxy) is 1. The van der Waals surface area contributed by atoms with Crippen LogP contribution in [0, 0.1) is 0 Å². The molecule has 0 unspecified atom stereocenters. The van der Waals surface area contributed by atoms with Crippen LogP contribution in [0.1, 0.15) is 11.3 Å². The Bertz CT molecular complexity index is 704. The van der Waals surface area contributed by atoms with Gasteiger partial charge in [0.1, 0.15) is 5.75 Å². The molecule has 0 saturated heterocycles. The molecule has 0 atom stereocenters. The molecule has 0 aliphatic carbocycles. The maximum absolute atomic E-state index is 12.2. The summed E-state index contributed by atoms with van der Waals surface area (Å²) < 4.78 is 7.04. The first-order valence-corrected chi connectivity index (χ1v) is 6.77. The second-order valence-corrected chi connectivity index (χ2v) is 5.04. The van der Waals surface area contributed by atoms with Gasteiger partial charge < -0.3 is 14.6 Å². The van der Waals surface area contributed by atoms with Gasteiger partial charge in [-0.3, -0.25) is 4.79 Å². The molecule has 0 spiro atoms. The van der Waals surface area contributed by atoms with E-state index in [1.165, 1.54) is 5.56 Å². The molecule has 1 aromatic heterocycles. The van der Waals surface area contributed by atoms with Crippen molar-refractivity contribution >= 4 is 0 Å². The van der Waals surface area contributed by atoms with Gasteiger partial charge in [-0.1, -0.05) is 12.1 Å². The summed E-state index contributed by atoms with van der Waals surface area (Å²) in [5.41, 5.74) is 4.43. The number of benzene rings is 1. The lowest BCUT2D eigenvalue weighted by Gasteiger charge is -2.23. The van der Waals surface area contributed by atoms with Crippen molar-refractivity contribution in [1.82, 2.24) is 9.88 Å². The number of hydrogen-bond donors (Lipinski definition) is 1. The van der Waals surface area contributed by atoms with Gasteiger partial charge in [-0.15, -0.1) is 0 Å². The molecule has 104 valence electrons. The van der Waals surface area contributed by atoms with Gasteiger partial charge in [0, 0.05) is 38.3 Å². The zero-order valence-electron chi connectivity index (χ0n) is 11.8. The average Bonchev–Trinajstić information content (AvgIpc) is 2.51. The molecule has 0 bridgehead atoms. The smallest absolute Gasteiger partial charge is 0.251 e. The molecular formula is C16H18N2O2. The first-order valence-electron chi connectivity index (χ1n) is 6.77. The van der Waals surface area contributed by atoms with Crippen LogP contribution in [0.3, 0.4) is 0 Å². The molecule has 1 aliphatic rings. The Hall–Kier alpha value is -2.07. The predicted molar refractivity (Wildman–Crippen MR) is 79.1 cm³/mol. The van der Waals surface area contributed by atoms with E-state index in [-0.39, 0.29) is 5.56 Å². The van der Waals surface area contributed by atoms with Gasteiger partial charge in [-0.05, 0) is 28.8 Å². The average molecular weight is 270 g/mol. The van der Waals surface area contributed by atoms with Crippen molar-refractivity contribution in [2.24, 2.45) is 7.05 Å². The van der Waals surface area contributed by atoms with Gasteiger partial charge in [-0.25, -0.2) is 0 Å². The van der Waals surface area contributed by atoms with Crippen molar-refractivity contribution < 1.29 is 4.74 Å². The van der Waals surface area contributed by atoms with Crippen LogP contribution in [0.25, 0.3) is 11.1 Å². The second kappa shape index (κ2) is 5.13. The Labute approximate surface area is 118 Å². The fraction of sp³-hybridized carbons (Fsp3) is 0.312. The third-order valence-electron chi connectivity index (χ3n) is 3.90. The van der Waals surface area contributed by atoms with Crippen molar-refractivity contribution in [2.75, 3.05) is 13.7 Å². The Morgan fingerprint density at radius 3 is 2.95 bits per heavy atom. The number of rotatable bonds is 2. The quantitative estimate of drug-likeness (QED) is 0.903. The van der Waals surface area contributed by atoms with E-state index >= 15 is 0 Å². The maximum Gasteiger partial charge on any atom is 0.251 e. The van der Waals surface area contributed by atoms with E-state index in [1.54, 1.807) is 17.7 Å². The van der Waals surface area contributed by atoms with Crippen molar-refractivity contribution in [2.45, 2.75) is 13.0 Å². The first kappa shape index (κ1) is 12.9. The number of fused-ring (bicyclic) bond motifs is 1. The summed E-state index contributed by atoms with van der Waals surface area (Å²) in [7, 11) is 3.50. The topological polar surface area (TPSA) is 43.3 Å². The molecule has 0 saturated carbocycles. The molecule has 2 heterocycles. The van der Waals surface area contributed by atoms with Crippen LogP contribution in [0.2, 0.25) is 0 Å². The van der Waals surface area contributed by atoms with Crippen molar-refractivity contribution in [1.29, 1.82) is 0 Å². The molecule has 1 N–H and O–H groups in total. The van der Waals surface area contributed by atoms with Gasteiger partial charge in [0.15, 0.2) is 0 Å². The number of hydrogen-bond acceptors (Lipinski definition) is 3. The van der Waals surface area contributed by atoms with Gasteiger partial charge in [0.2, 0.25) is 0 Å². The standard InChI is InChI=1S/C16H18N2O2/c1-18-15-6-7-17-10-14(15)13(9-16(18)19)11-4-3-5-12(8-11)20-2/h3-5,8-9,17H,6-7,10H2,1-2H3. The number of methoxy groups -OCH3 is 1. The summed E-state index contributed by atoms with van der Waals surface area (Å²) in [5, 5.41) is 3.38. The summed E-state index contributed by atoms with van der Waals surface area (Å²) >= 11 is 0. The third-order valence-corrected chi connectivity index (χ3v) is 3.90. The minimum Gasteiger partial charge on any atom is -0.497 e. The Morgan fingerprint density at radius 1 is 1.30 bits per heavy atom. The van der Waals surface area contributed by atoms with Gasteiger partial charge >= 0.3 is 0 Å². The minimum absolute atomic E-state index is 0.0449. The van der Waals surface area contributed by atoms with Gasteiger partial charge in [0.05, 0.1) is 7.11 Å². The zero-order valence-corrected chi connectivity index (χ0v) is 11.8. The normalized spacial score (nSPS) is 13.9. The van der Waals surface area contributed by atoms with E-state index in [0.29, 0.717) is 0 Å². The van der Waals surface area contributed by atoms with Gasteiger partial charge in [-0.2, -0.15) is 0 Å². The van der Waals surface area contributed by atoms with Crippen molar-refractivity contribution in [3.05, 3.63) is 51.9 Å². The van der Waals surface area contributed by atoms with E-state index in [4.69, 9.17) is 4.74 Å². The number of nitrogens with one attached hydrogen (secondary N) is 1. The highest BCUT2D eigenvalue weighted by Crippen LogP contribution is 2.29. The number of pyridine rings is 1. The van der Waals surface area contributed by atoms with Crippen LogP contribution < -0.4 is 15.6 Å². The molecule has 2 aromatic rings. The molecule has 20 heavy (non-hydrogen) atoms. The summed E-state index contributed by atoms with van der Waals surface area (Å²) in [5.74, 6) is 0.806. The van der Waals surface area contributed by atoms with E-state index in [2.05, 4.69) is 5.32 Å². The number of nitrogens with zero attached hydrogens (tertiary/aromatic N) is 1. The summed E-state index contributed by atoms with van der Waals surface area (Å²) in [6.45, 7) is 1.72. The van der Waals surface area contributed by atoms with Crippen LogP contribution in [0.4, 0.5) is 0 Å². The molecule has 1 aromatic carbocycles. The van der Waals surface area contributed by atoms with Crippen LogP contribution >= 0.6 is 0 Å². The highest BCUT2D eigenvalue weighted by Gasteiger charge is 2.18. The monoisotopic (exact) mass is 270 g/mol. The highest BCUT2D eigenvalue weighted by molar-refractivity contribution is 5.69. The summed E-state index contributed by atoms with van der Waals surface area (Å²) in [4.78, 5) is 12.2. The third kappa shape index (κ3) is 2.12. The SMILES string of the molecule is COc1cccc(-c2cc(=O)n(C)c3c2CNCC3)c1. The van der Waals surface area contributed by atoms with Crippen molar-refractivity contribution in [3.63, 3.8) is 0 Å². The maximum atomic E-state index is 12.2. The highest BCUT2D eigenvalue weighted by atomic mass is 16.5. The molecule has 4 heteroatoms. The minimum atomic E-state index is 0.0449. The lowest BCUT2D eigenvalue weighted by molar-refractivity contribution is 0.415. The summed E-state index contributed by atoms with van der Waals surface area (Å²) in [6, 6.07) is 9.58. The van der Waals surface area contributed by atoms with Crippen LogP contribution in [0.15, 0.2) is 35.1 Å². The molecule has 0 amide bonds. The first-order chi connectivity index (χ1) is 9.70.